The molecule has 0 fully saturated rings. The fourth-order valence-corrected chi connectivity index (χ4v) is 2.85. The average Bonchev–Trinajstić information content (AvgIpc) is 2.55. The quantitative estimate of drug-likeness (QED) is 0.883. The number of hydrogen-bond acceptors (Lipinski definition) is 4. The van der Waals surface area contributed by atoms with Crippen LogP contribution in [-0.4, -0.2) is 30.6 Å². The van der Waals surface area contributed by atoms with Gasteiger partial charge in [-0.05, 0) is 29.8 Å². The summed E-state index contributed by atoms with van der Waals surface area (Å²) >= 11 is 0. The van der Waals surface area contributed by atoms with Crippen molar-refractivity contribution in [3.8, 4) is 11.5 Å². The zero-order valence-electron chi connectivity index (χ0n) is 13.3. The van der Waals surface area contributed by atoms with Gasteiger partial charge < -0.3 is 14.8 Å². The van der Waals surface area contributed by atoms with Crippen molar-refractivity contribution < 1.29 is 18.5 Å². The molecule has 0 bridgehead atoms. The fraction of sp³-hybridized carbons (Fsp3) is 0.235. The van der Waals surface area contributed by atoms with E-state index in [0.29, 0.717) is 28.5 Å². The molecule has 2 aromatic carbocycles. The standard InChI is InChI=1S/C17H19NO4S/c1-21-15-9-8-12(10-16(15)22-2)17(19)18-14-7-5-4-6-13(14)11-23(3)20/h4-10H,11H2,1-3H3,(H,18,19). The van der Waals surface area contributed by atoms with Gasteiger partial charge in [-0.15, -0.1) is 0 Å². The minimum absolute atomic E-state index is 0.264. The number of anilines is 1. The number of benzene rings is 2. The Bertz CT molecular complexity index is 730. The smallest absolute Gasteiger partial charge is 0.255 e. The summed E-state index contributed by atoms with van der Waals surface area (Å²) in [7, 11) is 2.08. The minimum atomic E-state index is -0.983. The molecule has 0 aliphatic carbocycles. The van der Waals surface area contributed by atoms with E-state index >= 15 is 0 Å². The zero-order valence-corrected chi connectivity index (χ0v) is 14.1. The van der Waals surface area contributed by atoms with Gasteiger partial charge in [0.1, 0.15) is 0 Å². The number of carbonyl (C=O) groups excluding carboxylic acids is 1. The van der Waals surface area contributed by atoms with Gasteiger partial charge >= 0.3 is 0 Å². The lowest BCUT2D eigenvalue weighted by Crippen LogP contribution is -2.14. The van der Waals surface area contributed by atoms with Crippen molar-refractivity contribution in [2.24, 2.45) is 0 Å². The van der Waals surface area contributed by atoms with E-state index in [9.17, 15) is 9.00 Å². The van der Waals surface area contributed by atoms with E-state index < -0.39 is 10.8 Å². The van der Waals surface area contributed by atoms with Gasteiger partial charge in [0.2, 0.25) is 0 Å². The first-order valence-electron chi connectivity index (χ1n) is 6.96. The number of carbonyl (C=O) groups is 1. The lowest BCUT2D eigenvalue weighted by atomic mass is 10.1. The fourth-order valence-electron chi connectivity index (χ4n) is 2.16. The maximum atomic E-state index is 12.4. The molecule has 23 heavy (non-hydrogen) atoms. The minimum Gasteiger partial charge on any atom is -0.493 e. The molecule has 0 spiro atoms. The summed E-state index contributed by atoms with van der Waals surface area (Å²) < 4.78 is 21.8. The van der Waals surface area contributed by atoms with E-state index in [2.05, 4.69) is 5.32 Å². The van der Waals surface area contributed by atoms with Gasteiger partial charge in [0, 0.05) is 28.3 Å². The summed E-state index contributed by atoms with van der Waals surface area (Å²) in [4.78, 5) is 12.4. The van der Waals surface area contributed by atoms with E-state index in [1.807, 2.05) is 18.2 Å². The predicted molar refractivity (Wildman–Crippen MR) is 91.7 cm³/mol. The molecule has 0 aliphatic heterocycles. The normalized spacial score (nSPS) is 11.6. The maximum Gasteiger partial charge on any atom is 0.255 e. The molecule has 2 aromatic rings. The van der Waals surface area contributed by atoms with Crippen LogP contribution in [0.2, 0.25) is 0 Å². The third kappa shape index (κ3) is 4.32. The lowest BCUT2D eigenvalue weighted by molar-refractivity contribution is 0.102. The molecule has 0 saturated heterocycles. The molecule has 0 aliphatic rings. The second-order valence-corrected chi connectivity index (χ2v) is 6.33. The zero-order chi connectivity index (χ0) is 16.8. The Labute approximate surface area is 138 Å². The SMILES string of the molecule is COc1ccc(C(=O)Nc2ccccc2CS(C)=O)cc1OC. The molecule has 5 nitrogen and oxygen atoms in total. The first-order valence-corrected chi connectivity index (χ1v) is 8.69. The van der Waals surface area contributed by atoms with Crippen molar-refractivity contribution in [3.63, 3.8) is 0 Å². The molecule has 1 N–H and O–H groups in total. The van der Waals surface area contributed by atoms with Crippen molar-refractivity contribution in [1.29, 1.82) is 0 Å². The van der Waals surface area contributed by atoms with Gasteiger partial charge in [-0.2, -0.15) is 0 Å². The Kier molecular flexibility index (Phi) is 5.76. The molecule has 2 rings (SSSR count). The van der Waals surface area contributed by atoms with Crippen LogP contribution < -0.4 is 14.8 Å². The molecule has 122 valence electrons. The highest BCUT2D eigenvalue weighted by molar-refractivity contribution is 7.83. The Morgan fingerprint density at radius 2 is 1.78 bits per heavy atom. The van der Waals surface area contributed by atoms with Crippen LogP contribution in [0.15, 0.2) is 42.5 Å². The summed E-state index contributed by atoms with van der Waals surface area (Å²) in [5, 5.41) is 2.85. The largest absolute Gasteiger partial charge is 0.493 e. The Hall–Kier alpha value is -2.34. The van der Waals surface area contributed by atoms with E-state index in [1.165, 1.54) is 7.11 Å². The maximum absolute atomic E-state index is 12.4. The van der Waals surface area contributed by atoms with Gasteiger partial charge in [-0.3, -0.25) is 9.00 Å². The number of nitrogens with one attached hydrogen (secondary N) is 1. The summed E-state index contributed by atoms with van der Waals surface area (Å²) in [6, 6.07) is 12.3. The average molecular weight is 333 g/mol. The monoisotopic (exact) mass is 333 g/mol. The van der Waals surface area contributed by atoms with Crippen LogP contribution in [0.1, 0.15) is 15.9 Å². The van der Waals surface area contributed by atoms with Crippen LogP contribution in [0.25, 0.3) is 0 Å². The molecular formula is C17H19NO4S. The second kappa shape index (κ2) is 7.78. The topological polar surface area (TPSA) is 64.6 Å². The third-order valence-electron chi connectivity index (χ3n) is 3.27. The number of ether oxygens (including phenoxy) is 2. The first-order chi connectivity index (χ1) is 11.0. The van der Waals surface area contributed by atoms with E-state index in [1.54, 1.807) is 37.6 Å². The number of hydrogen-bond donors (Lipinski definition) is 1. The summed E-state index contributed by atoms with van der Waals surface area (Å²) in [6.07, 6.45) is 1.63. The lowest BCUT2D eigenvalue weighted by Gasteiger charge is -2.12. The van der Waals surface area contributed by atoms with Crippen LogP contribution in [0.5, 0.6) is 11.5 Å². The molecule has 1 amide bonds. The van der Waals surface area contributed by atoms with Crippen molar-refractivity contribution in [2.75, 3.05) is 25.8 Å². The Balaban J connectivity index is 2.24. The summed E-state index contributed by atoms with van der Waals surface area (Å²) in [5.41, 5.74) is 1.94. The molecule has 6 heteroatoms. The number of methoxy groups -OCH3 is 2. The molecule has 1 unspecified atom stereocenters. The molecule has 0 saturated carbocycles. The van der Waals surface area contributed by atoms with Gasteiger partial charge in [0.15, 0.2) is 11.5 Å². The van der Waals surface area contributed by atoms with E-state index in [4.69, 9.17) is 9.47 Å². The number of rotatable bonds is 6. The summed E-state index contributed by atoms with van der Waals surface area (Å²) in [6.45, 7) is 0. The Morgan fingerprint density at radius 1 is 1.09 bits per heavy atom. The van der Waals surface area contributed by atoms with Gasteiger partial charge in [0.05, 0.1) is 20.0 Å². The number of para-hydroxylation sites is 1. The van der Waals surface area contributed by atoms with Crippen LogP contribution in [0, 0.1) is 0 Å². The van der Waals surface area contributed by atoms with E-state index in [0.717, 1.165) is 5.56 Å². The van der Waals surface area contributed by atoms with Gasteiger partial charge in [0.25, 0.3) is 5.91 Å². The van der Waals surface area contributed by atoms with Crippen molar-refractivity contribution >= 4 is 22.4 Å². The molecular weight excluding hydrogens is 314 g/mol. The van der Waals surface area contributed by atoms with Crippen LogP contribution in [0.3, 0.4) is 0 Å². The highest BCUT2D eigenvalue weighted by Crippen LogP contribution is 2.28. The van der Waals surface area contributed by atoms with Gasteiger partial charge in [-0.1, -0.05) is 18.2 Å². The molecule has 0 heterocycles. The van der Waals surface area contributed by atoms with Crippen LogP contribution >= 0.6 is 0 Å². The van der Waals surface area contributed by atoms with Crippen molar-refractivity contribution in [2.45, 2.75) is 5.75 Å². The summed E-state index contributed by atoms with van der Waals surface area (Å²) in [5.74, 6) is 1.18. The Morgan fingerprint density at radius 3 is 2.43 bits per heavy atom. The highest BCUT2D eigenvalue weighted by Gasteiger charge is 2.13. The van der Waals surface area contributed by atoms with Crippen molar-refractivity contribution in [1.82, 2.24) is 0 Å². The highest BCUT2D eigenvalue weighted by atomic mass is 32.2. The van der Waals surface area contributed by atoms with Crippen LogP contribution in [-0.2, 0) is 16.6 Å². The van der Waals surface area contributed by atoms with Crippen LogP contribution in [0.4, 0.5) is 5.69 Å². The second-order valence-electron chi connectivity index (χ2n) is 4.90. The number of amides is 1. The molecule has 0 radical (unpaired) electrons. The van der Waals surface area contributed by atoms with Gasteiger partial charge in [-0.25, -0.2) is 0 Å². The predicted octanol–water partition coefficient (Wildman–Crippen LogP) is 2.83. The van der Waals surface area contributed by atoms with Crippen molar-refractivity contribution in [3.05, 3.63) is 53.6 Å². The molecule has 1 atom stereocenters. The first kappa shape index (κ1) is 17.0. The third-order valence-corrected chi connectivity index (χ3v) is 3.99. The van der Waals surface area contributed by atoms with E-state index in [-0.39, 0.29) is 5.91 Å². The molecule has 0 aromatic heterocycles.